The summed E-state index contributed by atoms with van der Waals surface area (Å²) in [5, 5.41) is 8.79. The van der Waals surface area contributed by atoms with E-state index >= 15 is 0 Å². The first-order valence-electron chi connectivity index (χ1n) is 4.88. The van der Waals surface area contributed by atoms with Crippen molar-refractivity contribution in [3.8, 4) is 0 Å². The second-order valence-electron chi connectivity index (χ2n) is 3.44. The summed E-state index contributed by atoms with van der Waals surface area (Å²) in [6, 6.07) is 0. The Balaban J connectivity index is 3.60. The molecule has 0 rings (SSSR count). The van der Waals surface area contributed by atoms with E-state index in [-0.39, 0.29) is 6.61 Å². The molecule has 0 aliphatic rings. The molecule has 0 saturated carbocycles. The summed E-state index contributed by atoms with van der Waals surface area (Å²) in [5.74, 6) is 0.561. The van der Waals surface area contributed by atoms with Gasteiger partial charge in [-0.25, -0.2) is 0 Å². The third-order valence-corrected chi connectivity index (χ3v) is 2.14. The first-order valence-corrected chi connectivity index (χ1v) is 4.88. The van der Waals surface area contributed by atoms with Crippen LogP contribution in [0.5, 0.6) is 0 Å². The van der Waals surface area contributed by atoms with Crippen LogP contribution in [0.4, 0.5) is 0 Å². The second-order valence-corrected chi connectivity index (χ2v) is 3.44. The van der Waals surface area contributed by atoms with Gasteiger partial charge in [0.1, 0.15) is 0 Å². The summed E-state index contributed by atoms with van der Waals surface area (Å²) in [6.45, 7) is 9.34. The molecule has 0 heterocycles. The van der Waals surface area contributed by atoms with Crippen molar-refractivity contribution in [2.45, 2.75) is 13.3 Å². The molecule has 0 fully saturated rings. The van der Waals surface area contributed by atoms with Gasteiger partial charge in [0.15, 0.2) is 0 Å². The van der Waals surface area contributed by atoms with E-state index in [1.54, 1.807) is 0 Å². The van der Waals surface area contributed by atoms with Gasteiger partial charge in [0.05, 0.1) is 6.61 Å². The lowest BCUT2D eigenvalue weighted by molar-refractivity contribution is 0.201. The molecular formula is C10H22N2O. The lowest BCUT2D eigenvalue weighted by atomic mass is 10.1. The zero-order chi connectivity index (χ0) is 10.1. The summed E-state index contributed by atoms with van der Waals surface area (Å²) in [6.07, 6.45) is 2.95. The van der Waals surface area contributed by atoms with Crippen molar-refractivity contribution in [2.75, 3.05) is 32.8 Å². The first kappa shape index (κ1) is 12.6. The molecule has 0 aliphatic heterocycles. The van der Waals surface area contributed by atoms with Gasteiger partial charge < -0.3 is 10.8 Å². The number of nitrogens with zero attached hydrogens (tertiary/aromatic N) is 1. The maximum atomic E-state index is 8.79. The van der Waals surface area contributed by atoms with Crippen LogP contribution >= 0.6 is 0 Å². The van der Waals surface area contributed by atoms with Gasteiger partial charge in [0.25, 0.3) is 0 Å². The van der Waals surface area contributed by atoms with Crippen molar-refractivity contribution < 1.29 is 5.11 Å². The van der Waals surface area contributed by atoms with Crippen LogP contribution in [0.15, 0.2) is 12.7 Å². The second kappa shape index (κ2) is 8.23. The Labute approximate surface area is 81.2 Å². The quantitative estimate of drug-likeness (QED) is 0.541. The molecule has 0 aliphatic carbocycles. The standard InChI is InChI=1S/C10H22N2O/c1-3-5-12(7-8-13)6-4-10(2)9-11/h3,10,13H,1,4-9,11H2,2H3. The van der Waals surface area contributed by atoms with Crippen molar-refractivity contribution >= 4 is 0 Å². The fourth-order valence-electron chi connectivity index (χ4n) is 1.14. The minimum Gasteiger partial charge on any atom is -0.395 e. The van der Waals surface area contributed by atoms with Crippen LogP contribution in [0.2, 0.25) is 0 Å². The van der Waals surface area contributed by atoms with Gasteiger partial charge in [0, 0.05) is 13.1 Å². The molecule has 3 heteroatoms. The average Bonchev–Trinajstić information content (AvgIpc) is 2.14. The highest BCUT2D eigenvalue weighted by atomic mass is 16.3. The van der Waals surface area contributed by atoms with Crippen molar-refractivity contribution in [3.05, 3.63) is 12.7 Å². The van der Waals surface area contributed by atoms with Gasteiger partial charge >= 0.3 is 0 Å². The monoisotopic (exact) mass is 186 g/mol. The summed E-state index contributed by atoms with van der Waals surface area (Å²) < 4.78 is 0. The normalized spacial score (nSPS) is 13.2. The number of hydrogen-bond acceptors (Lipinski definition) is 3. The highest BCUT2D eigenvalue weighted by molar-refractivity contribution is 4.73. The molecule has 0 aromatic heterocycles. The summed E-state index contributed by atoms with van der Waals surface area (Å²) in [5.41, 5.74) is 5.52. The minimum atomic E-state index is 0.213. The van der Waals surface area contributed by atoms with Crippen LogP contribution in [0, 0.1) is 5.92 Å². The molecule has 0 amide bonds. The molecule has 0 aromatic rings. The lowest BCUT2D eigenvalue weighted by Gasteiger charge is -2.20. The Hall–Kier alpha value is -0.380. The largest absolute Gasteiger partial charge is 0.395 e. The van der Waals surface area contributed by atoms with Gasteiger partial charge in [-0.3, -0.25) is 4.90 Å². The number of nitrogens with two attached hydrogens (primary N) is 1. The predicted molar refractivity (Wildman–Crippen MR) is 56.6 cm³/mol. The Morgan fingerprint density at radius 1 is 1.54 bits per heavy atom. The molecule has 3 N–H and O–H groups in total. The third kappa shape index (κ3) is 6.75. The SMILES string of the molecule is C=CCN(CCO)CCC(C)CN. The fraction of sp³-hybridized carbons (Fsp3) is 0.800. The zero-order valence-corrected chi connectivity index (χ0v) is 8.58. The molecule has 3 nitrogen and oxygen atoms in total. The molecule has 78 valence electrons. The van der Waals surface area contributed by atoms with Crippen LogP contribution in [-0.4, -0.2) is 42.8 Å². The molecule has 1 atom stereocenters. The van der Waals surface area contributed by atoms with Gasteiger partial charge in [-0.05, 0) is 25.4 Å². The van der Waals surface area contributed by atoms with E-state index in [0.717, 1.165) is 32.6 Å². The average molecular weight is 186 g/mol. The van der Waals surface area contributed by atoms with Crippen molar-refractivity contribution in [1.29, 1.82) is 0 Å². The van der Waals surface area contributed by atoms with E-state index < -0.39 is 0 Å². The zero-order valence-electron chi connectivity index (χ0n) is 8.58. The smallest absolute Gasteiger partial charge is 0.0558 e. The number of aliphatic hydroxyl groups is 1. The maximum Gasteiger partial charge on any atom is 0.0558 e. The first-order chi connectivity index (χ1) is 6.24. The molecule has 0 bridgehead atoms. The number of rotatable bonds is 8. The maximum absolute atomic E-state index is 8.79. The van der Waals surface area contributed by atoms with Gasteiger partial charge in [-0.15, -0.1) is 6.58 Å². The number of hydrogen-bond donors (Lipinski definition) is 2. The van der Waals surface area contributed by atoms with E-state index in [2.05, 4.69) is 18.4 Å². The van der Waals surface area contributed by atoms with Crippen molar-refractivity contribution in [3.63, 3.8) is 0 Å². The van der Waals surface area contributed by atoms with Gasteiger partial charge in [-0.1, -0.05) is 13.0 Å². The Morgan fingerprint density at radius 2 is 2.23 bits per heavy atom. The summed E-state index contributed by atoms with van der Waals surface area (Å²) in [7, 11) is 0. The molecule has 0 aromatic carbocycles. The fourth-order valence-corrected chi connectivity index (χ4v) is 1.14. The van der Waals surface area contributed by atoms with Gasteiger partial charge in [0.2, 0.25) is 0 Å². The molecule has 0 radical (unpaired) electrons. The Morgan fingerprint density at radius 3 is 2.69 bits per heavy atom. The Kier molecular flexibility index (Phi) is 7.99. The van der Waals surface area contributed by atoms with E-state index in [1.807, 2.05) is 6.08 Å². The van der Waals surface area contributed by atoms with Gasteiger partial charge in [-0.2, -0.15) is 0 Å². The predicted octanol–water partition coefficient (Wildman–Crippen LogP) is 0.452. The molecule has 1 unspecified atom stereocenters. The summed E-state index contributed by atoms with van der Waals surface area (Å²) in [4.78, 5) is 2.18. The molecule has 13 heavy (non-hydrogen) atoms. The molecule has 0 saturated heterocycles. The highest BCUT2D eigenvalue weighted by Gasteiger charge is 2.04. The van der Waals surface area contributed by atoms with E-state index in [4.69, 9.17) is 10.8 Å². The van der Waals surface area contributed by atoms with Crippen LogP contribution in [0.1, 0.15) is 13.3 Å². The van der Waals surface area contributed by atoms with E-state index in [0.29, 0.717) is 5.92 Å². The van der Waals surface area contributed by atoms with E-state index in [1.165, 1.54) is 0 Å². The lowest BCUT2D eigenvalue weighted by Crippen LogP contribution is -2.30. The van der Waals surface area contributed by atoms with Crippen LogP contribution in [0.3, 0.4) is 0 Å². The third-order valence-electron chi connectivity index (χ3n) is 2.14. The summed E-state index contributed by atoms with van der Waals surface area (Å²) >= 11 is 0. The van der Waals surface area contributed by atoms with E-state index in [9.17, 15) is 0 Å². The highest BCUT2D eigenvalue weighted by Crippen LogP contribution is 2.01. The van der Waals surface area contributed by atoms with Crippen LogP contribution < -0.4 is 5.73 Å². The van der Waals surface area contributed by atoms with Crippen LogP contribution in [0.25, 0.3) is 0 Å². The molecule has 0 spiro atoms. The Bertz CT molecular complexity index is 128. The topological polar surface area (TPSA) is 49.5 Å². The van der Waals surface area contributed by atoms with Crippen molar-refractivity contribution in [1.82, 2.24) is 4.90 Å². The van der Waals surface area contributed by atoms with Crippen molar-refractivity contribution in [2.24, 2.45) is 11.7 Å². The molecular weight excluding hydrogens is 164 g/mol. The minimum absolute atomic E-state index is 0.213. The number of aliphatic hydroxyl groups excluding tert-OH is 1. The van der Waals surface area contributed by atoms with Crippen LogP contribution in [-0.2, 0) is 0 Å².